The molecule has 0 aliphatic rings. The van der Waals surface area contributed by atoms with Crippen molar-refractivity contribution in [2.45, 2.75) is 16.7 Å². The van der Waals surface area contributed by atoms with Crippen molar-refractivity contribution >= 4 is 15.8 Å². The average Bonchev–Trinajstić information content (AvgIpc) is 2.55. The highest BCUT2D eigenvalue weighted by atomic mass is 32.2. The minimum Gasteiger partial charge on any atom is -0.469 e. The molecule has 0 spiro atoms. The first-order valence-electron chi connectivity index (χ1n) is 6.65. The monoisotopic (exact) mass is 319 g/mol. The normalized spacial score (nSPS) is 12.6. The Kier molecular flexibility index (Phi) is 4.95. The molecule has 1 atom stereocenters. The first-order valence-corrected chi connectivity index (χ1v) is 8.20. The molecule has 0 fully saturated rings. The summed E-state index contributed by atoms with van der Waals surface area (Å²) in [7, 11) is -2.33. The summed E-state index contributed by atoms with van der Waals surface area (Å²) in [4.78, 5) is 11.4. The number of sulfone groups is 1. The van der Waals surface area contributed by atoms with Crippen LogP contribution in [0.4, 0.5) is 0 Å². The largest absolute Gasteiger partial charge is 0.469 e. The molecule has 2 aromatic carbocycles. The molecule has 0 aliphatic heterocycles. The molecule has 2 aromatic rings. The van der Waals surface area contributed by atoms with Gasteiger partial charge in [0.05, 0.1) is 18.4 Å². The van der Waals surface area contributed by atoms with Gasteiger partial charge in [0.1, 0.15) is 5.37 Å². The SMILES string of the molecule is COC(=O)Cc1ccc(C(N)S(=O)(=O)c2ccccc2)cc1. The van der Waals surface area contributed by atoms with Gasteiger partial charge in [-0.25, -0.2) is 8.42 Å². The van der Waals surface area contributed by atoms with Crippen molar-refractivity contribution in [1.29, 1.82) is 0 Å². The molecule has 2 rings (SSSR count). The van der Waals surface area contributed by atoms with Gasteiger partial charge >= 0.3 is 5.97 Å². The summed E-state index contributed by atoms with van der Waals surface area (Å²) in [5.41, 5.74) is 7.11. The highest BCUT2D eigenvalue weighted by molar-refractivity contribution is 7.91. The van der Waals surface area contributed by atoms with Crippen LogP contribution in [0, 0.1) is 0 Å². The van der Waals surface area contributed by atoms with Crippen LogP contribution in [0.5, 0.6) is 0 Å². The third kappa shape index (κ3) is 3.52. The summed E-state index contributed by atoms with van der Waals surface area (Å²) in [6, 6.07) is 14.7. The molecule has 0 radical (unpaired) electrons. The summed E-state index contributed by atoms with van der Waals surface area (Å²) < 4.78 is 29.5. The Balaban J connectivity index is 2.23. The second-order valence-corrected chi connectivity index (χ2v) is 6.84. The van der Waals surface area contributed by atoms with Gasteiger partial charge in [0.15, 0.2) is 9.84 Å². The number of hydrogen-bond donors (Lipinski definition) is 1. The second-order valence-electron chi connectivity index (χ2n) is 4.77. The number of ether oxygens (including phenoxy) is 1. The molecule has 22 heavy (non-hydrogen) atoms. The van der Waals surface area contributed by atoms with Gasteiger partial charge in [-0.1, -0.05) is 42.5 Å². The van der Waals surface area contributed by atoms with Crippen molar-refractivity contribution in [3.63, 3.8) is 0 Å². The maximum Gasteiger partial charge on any atom is 0.309 e. The van der Waals surface area contributed by atoms with E-state index >= 15 is 0 Å². The standard InChI is InChI=1S/C16H17NO4S/c1-21-15(18)11-12-7-9-13(10-8-12)16(17)22(19,20)14-5-3-2-4-6-14/h2-10,16H,11,17H2,1H3. The Morgan fingerprint density at radius 3 is 2.23 bits per heavy atom. The van der Waals surface area contributed by atoms with Crippen LogP contribution in [-0.4, -0.2) is 21.5 Å². The third-order valence-corrected chi connectivity index (χ3v) is 5.16. The van der Waals surface area contributed by atoms with E-state index in [1.165, 1.54) is 19.2 Å². The van der Waals surface area contributed by atoms with Crippen LogP contribution in [0.2, 0.25) is 0 Å². The van der Waals surface area contributed by atoms with Gasteiger partial charge in [-0.05, 0) is 23.3 Å². The molecule has 5 nitrogen and oxygen atoms in total. The molecule has 0 heterocycles. The Hall–Kier alpha value is -2.18. The lowest BCUT2D eigenvalue weighted by atomic mass is 10.1. The van der Waals surface area contributed by atoms with Crippen LogP contribution in [0.3, 0.4) is 0 Å². The summed E-state index contributed by atoms with van der Waals surface area (Å²) in [5.74, 6) is -0.353. The number of hydrogen-bond acceptors (Lipinski definition) is 5. The Bertz CT molecular complexity index is 739. The van der Waals surface area contributed by atoms with E-state index in [0.29, 0.717) is 5.56 Å². The fourth-order valence-electron chi connectivity index (χ4n) is 2.00. The molecular formula is C16H17NO4S. The van der Waals surface area contributed by atoms with Crippen molar-refractivity contribution < 1.29 is 17.9 Å². The predicted octanol–water partition coefficient (Wildman–Crippen LogP) is 1.83. The summed E-state index contributed by atoms with van der Waals surface area (Å²) >= 11 is 0. The van der Waals surface area contributed by atoms with E-state index < -0.39 is 15.2 Å². The first-order chi connectivity index (χ1) is 10.4. The van der Waals surface area contributed by atoms with Crippen LogP contribution in [-0.2, 0) is 25.8 Å². The lowest BCUT2D eigenvalue weighted by Gasteiger charge is -2.14. The minimum atomic E-state index is -3.65. The maximum atomic E-state index is 12.4. The molecule has 0 aromatic heterocycles. The molecule has 1 unspecified atom stereocenters. The average molecular weight is 319 g/mol. The highest BCUT2D eigenvalue weighted by Gasteiger charge is 2.25. The Morgan fingerprint density at radius 2 is 1.68 bits per heavy atom. The number of carbonyl (C=O) groups is 1. The molecule has 6 heteroatoms. The van der Waals surface area contributed by atoms with Crippen LogP contribution in [0.1, 0.15) is 16.5 Å². The zero-order chi connectivity index (χ0) is 16.2. The van der Waals surface area contributed by atoms with E-state index in [9.17, 15) is 13.2 Å². The number of esters is 1. The van der Waals surface area contributed by atoms with Crippen molar-refractivity contribution in [2.24, 2.45) is 5.73 Å². The minimum absolute atomic E-state index is 0.136. The van der Waals surface area contributed by atoms with Gasteiger partial charge in [0.25, 0.3) is 0 Å². The number of methoxy groups -OCH3 is 1. The molecule has 116 valence electrons. The number of nitrogens with two attached hydrogens (primary N) is 1. The van der Waals surface area contributed by atoms with Gasteiger partial charge in [-0.15, -0.1) is 0 Å². The maximum absolute atomic E-state index is 12.4. The van der Waals surface area contributed by atoms with E-state index in [4.69, 9.17) is 5.73 Å². The summed E-state index contributed by atoms with van der Waals surface area (Å²) in [6.45, 7) is 0. The van der Waals surface area contributed by atoms with Crippen molar-refractivity contribution in [1.82, 2.24) is 0 Å². The van der Waals surface area contributed by atoms with Crippen molar-refractivity contribution in [3.05, 3.63) is 65.7 Å². The van der Waals surface area contributed by atoms with E-state index in [1.54, 1.807) is 42.5 Å². The lowest BCUT2D eigenvalue weighted by molar-refractivity contribution is -0.139. The highest BCUT2D eigenvalue weighted by Crippen LogP contribution is 2.24. The van der Waals surface area contributed by atoms with Gasteiger partial charge < -0.3 is 10.5 Å². The van der Waals surface area contributed by atoms with Crippen molar-refractivity contribution in [3.8, 4) is 0 Å². The molecule has 0 aliphatic carbocycles. The lowest BCUT2D eigenvalue weighted by Crippen LogP contribution is -2.22. The molecule has 0 amide bonds. The summed E-state index contributed by atoms with van der Waals surface area (Å²) in [5, 5.41) is -1.15. The quantitative estimate of drug-likeness (QED) is 0.850. The smallest absolute Gasteiger partial charge is 0.309 e. The fraction of sp³-hybridized carbons (Fsp3) is 0.188. The number of benzene rings is 2. The number of rotatable bonds is 5. The fourth-order valence-corrected chi connectivity index (χ4v) is 3.35. The van der Waals surface area contributed by atoms with E-state index in [0.717, 1.165) is 5.56 Å². The first kappa shape index (κ1) is 16.2. The van der Waals surface area contributed by atoms with E-state index in [2.05, 4.69) is 4.74 Å². The molecule has 0 saturated carbocycles. The molecule has 2 N–H and O–H groups in total. The summed E-state index contributed by atoms with van der Waals surface area (Å²) in [6.07, 6.45) is 0.136. The Labute approximate surface area is 129 Å². The van der Waals surface area contributed by atoms with Crippen LogP contribution >= 0.6 is 0 Å². The van der Waals surface area contributed by atoms with Gasteiger partial charge in [-0.2, -0.15) is 0 Å². The molecule has 0 bridgehead atoms. The predicted molar refractivity (Wildman–Crippen MR) is 82.7 cm³/mol. The zero-order valence-corrected chi connectivity index (χ0v) is 12.9. The van der Waals surface area contributed by atoms with E-state index in [-0.39, 0.29) is 17.3 Å². The van der Waals surface area contributed by atoms with E-state index in [1.807, 2.05) is 0 Å². The Morgan fingerprint density at radius 1 is 1.09 bits per heavy atom. The van der Waals surface area contributed by atoms with Crippen LogP contribution in [0.25, 0.3) is 0 Å². The number of carbonyl (C=O) groups excluding carboxylic acids is 1. The van der Waals surface area contributed by atoms with Gasteiger partial charge in [-0.3, -0.25) is 4.79 Å². The second kappa shape index (κ2) is 6.72. The molecule has 0 saturated heterocycles. The van der Waals surface area contributed by atoms with Crippen LogP contribution < -0.4 is 5.73 Å². The molecular weight excluding hydrogens is 302 g/mol. The van der Waals surface area contributed by atoms with Gasteiger partial charge in [0.2, 0.25) is 0 Å². The van der Waals surface area contributed by atoms with Gasteiger partial charge in [0, 0.05) is 0 Å². The topological polar surface area (TPSA) is 86.5 Å². The van der Waals surface area contributed by atoms with Crippen molar-refractivity contribution in [2.75, 3.05) is 7.11 Å². The third-order valence-electron chi connectivity index (χ3n) is 3.29. The van der Waals surface area contributed by atoms with Crippen LogP contribution in [0.15, 0.2) is 59.5 Å². The zero-order valence-electron chi connectivity index (χ0n) is 12.1.